The molecule has 0 unspecified atom stereocenters. The SMILES string of the molecule is O=C1OC(c2ccccc2[N+](=O)[O-])=N/C1=C/c1ccco1. The second-order valence-corrected chi connectivity index (χ2v) is 4.13. The molecule has 2 heterocycles. The topological polar surface area (TPSA) is 94.9 Å². The lowest BCUT2D eigenvalue weighted by molar-refractivity contribution is -0.385. The van der Waals surface area contributed by atoms with Crippen LogP contribution in [0.1, 0.15) is 11.3 Å². The molecule has 7 heteroatoms. The van der Waals surface area contributed by atoms with Crippen LogP contribution in [-0.4, -0.2) is 16.8 Å². The number of ether oxygens (including phenoxy) is 1. The molecule has 1 aromatic carbocycles. The number of aliphatic imine (C=N–C) groups is 1. The van der Waals surface area contributed by atoms with E-state index in [4.69, 9.17) is 9.15 Å². The Morgan fingerprint density at radius 2 is 2.00 bits per heavy atom. The third-order valence-electron chi connectivity index (χ3n) is 2.77. The Labute approximate surface area is 118 Å². The van der Waals surface area contributed by atoms with E-state index in [1.54, 1.807) is 18.2 Å². The van der Waals surface area contributed by atoms with Gasteiger partial charge in [0.05, 0.1) is 11.2 Å². The number of nitrogens with zero attached hydrogens (tertiary/aromatic N) is 2. The van der Waals surface area contributed by atoms with E-state index < -0.39 is 10.9 Å². The normalized spacial score (nSPS) is 15.9. The number of nitro groups is 1. The van der Waals surface area contributed by atoms with Gasteiger partial charge >= 0.3 is 5.97 Å². The molecule has 0 saturated carbocycles. The predicted octanol–water partition coefficient (Wildman–Crippen LogP) is 2.53. The minimum atomic E-state index is -0.681. The number of hydrogen-bond acceptors (Lipinski definition) is 6. The van der Waals surface area contributed by atoms with Gasteiger partial charge in [0.1, 0.15) is 11.3 Å². The van der Waals surface area contributed by atoms with E-state index in [1.807, 2.05) is 0 Å². The summed E-state index contributed by atoms with van der Waals surface area (Å²) in [5, 5.41) is 11.0. The summed E-state index contributed by atoms with van der Waals surface area (Å²) in [4.78, 5) is 26.2. The smallest absolute Gasteiger partial charge is 0.363 e. The van der Waals surface area contributed by atoms with Crippen LogP contribution in [0.4, 0.5) is 5.69 Å². The summed E-state index contributed by atoms with van der Waals surface area (Å²) in [5.74, 6) is -0.334. The fourth-order valence-electron chi connectivity index (χ4n) is 1.85. The average Bonchev–Trinajstić information content (AvgIpc) is 3.10. The Hall–Kier alpha value is -3.22. The van der Waals surface area contributed by atoms with Gasteiger partial charge in [0, 0.05) is 12.1 Å². The summed E-state index contributed by atoms with van der Waals surface area (Å²) in [5.41, 5.74) is 0.0000875. The van der Waals surface area contributed by atoms with Crippen LogP contribution in [0.25, 0.3) is 6.08 Å². The quantitative estimate of drug-likeness (QED) is 0.373. The summed E-state index contributed by atoms with van der Waals surface area (Å²) >= 11 is 0. The number of carbonyl (C=O) groups excluding carboxylic acids is 1. The zero-order valence-electron chi connectivity index (χ0n) is 10.6. The number of nitro benzene ring substituents is 1. The highest BCUT2D eigenvalue weighted by Crippen LogP contribution is 2.24. The summed E-state index contributed by atoms with van der Waals surface area (Å²) in [6.45, 7) is 0. The van der Waals surface area contributed by atoms with Crippen LogP contribution in [0.5, 0.6) is 0 Å². The van der Waals surface area contributed by atoms with Crippen LogP contribution in [0.2, 0.25) is 0 Å². The third kappa shape index (κ3) is 2.44. The molecule has 0 atom stereocenters. The first kappa shape index (κ1) is 12.8. The molecule has 0 N–H and O–H groups in total. The molecule has 1 aliphatic heterocycles. The Bertz CT molecular complexity index is 774. The van der Waals surface area contributed by atoms with Gasteiger partial charge in [-0.3, -0.25) is 10.1 Å². The van der Waals surface area contributed by atoms with Gasteiger partial charge in [-0.25, -0.2) is 9.79 Å². The third-order valence-corrected chi connectivity index (χ3v) is 2.77. The van der Waals surface area contributed by atoms with Crippen molar-refractivity contribution in [2.24, 2.45) is 4.99 Å². The van der Waals surface area contributed by atoms with E-state index in [9.17, 15) is 14.9 Å². The highest BCUT2D eigenvalue weighted by atomic mass is 16.6. The van der Waals surface area contributed by atoms with E-state index in [0.29, 0.717) is 5.76 Å². The molecule has 0 spiro atoms. The number of furan rings is 1. The van der Waals surface area contributed by atoms with Crippen molar-refractivity contribution in [1.82, 2.24) is 0 Å². The number of hydrogen-bond donors (Lipinski definition) is 0. The standard InChI is InChI=1S/C14H8N2O5/c17-14-11(8-9-4-3-7-20-9)15-13(21-14)10-5-1-2-6-12(10)16(18)19/h1-8H/b11-8+. The molecule has 7 nitrogen and oxygen atoms in total. The Morgan fingerprint density at radius 3 is 2.71 bits per heavy atom. The van der Waals surface area contributed by atoms with E-state index >= 15 is 0 Å². The largest absolute Gasteiger partial charge is 0.465 e. The zero-order chi connectivity index (χ0) is 14.8. The molecule has 21 heavy (non-hydrogen) atoms. The second kappa shape index (κ2) is 5.04. The van der Waals surface area contributed by atoms with E-state index in [0.717, 1.165) is 0 Å². The number of esters is 1. The Morgan fingerprint density at radius 1 is 1.19 bits per heavy atom. The zero-order valence-corrected chi connectivity index (χ0v) is 10.6. The van der Waals surface area contributed by atoms with Gasteiger partial charge in [-0.1, -0.05) is 12.1 Å². The van der Waals surface area contributed by atoms with Gasteiger partial charge in [-0.05, 0) is 18.2 Å². The van der Waals surface area contributed by atoms with Crippen molar-refractivity contribution in [2.45, 2.75) is 0 Å². The van der Waals surface area contributed by atoms with Gasteiger partial charge in [-0.2, -0.15) is 0 Å². The summed E-state index contributed by atoms with van der Waals surface area (Å²) < 4.78 is 10.1. The van der Waals surface area contributed by atoms with Crippen molar-refractivity contribution in [2.75, 3.05) is 0 Å². The highest BCUT2D eigenvalue weighted by Gasteiger charge is 2.29. The first-order valence-electron chi connectivity index (χ1n) is 5.95. The molecule has 0 saturated heterocycles. The molecule has 0 bridgehead atoms. The van der Waals surface area contributed by atoms with E-state index in [1.165, 1.54) is 30.5 Å². The fraction of sp³-hybridized carbons (Fsp3) is 0. The molecule has 1 aromatic heterocycles. The van der Waals surface area contributed by atoms with Crippen LogP contribution in [0, 0.1) is 10.1 Å². The summed E-state index contributed by atoms with van der Waals surface area (Å²) in [7, 11) is 0. The highest BCUT2D eigenvalue weighted by molar-refractivity contribution is 6.14. The predicted molar refractivity (Wildman–Crippen MR) is 72.4 cm³/mol. The molecule has 0 radical (unpaired) electrons. The Balaban J connectivity index is 2.02. The van der Waals surface area contributed by atoms with Crippen molar-refractivity contribution in [3.8, 4) is 0 Å². The first-order valence-corrected chi connectivity index (χ1v) is 5.95. The molecule has 0 aliphatic carbocycles. The van der Waals surface area contributed by atoms with Gasteiger partial charge in [-0.15, -0.1) is 0 Å². The molecule has 1 aliphatic rings. The monoisotopic (exact) mass is 284 g/mol. The molecule has 0 fully saturated rings. The number of para-hydroxylation sites is 1. The maximum absolute atomic E-state index is 11.7. The summed E-state index contributed by atoms with van der Waals surface area (Å²) in [6.07, 6.45) is 2.86. The van der Waals surface area contributed by atoms with Crippen LogP contribution in [0.3, 0.4) is 0 Å². The number of carbonyl (C=O) groups is 1. The fourth-order valence-corrected chi connectivity index (χ4v) is 1.85. The van der Waals surface area contributed by atoms with Crippen molar-refractivity contribution in [3.05, 3.63) is 69.8 Å². The van der Waals surface area contributed by atoms with Crippen molar-refractivity contribution in [3.63, 3.8) is 0 Å². The maximum atomic E-state index is 11.7. The molecular weight excluding hydrogens is 276 g/mol. The lowest BCUT2D eigenvalue weighted by atomic mass is 10.2. The van der Waals surface area contributed by atoms with Crippen LogP contribution in [0.15, 0.2) is 57.8 Å². The van der Waals surface area contributed by atoms with Crippen molar-refractivity contribution >= 4 is 23.6 Å². The van der Waals surface area contributed by atoms with Gasteiger partial charge in [0.15, 0.2) is 5.70 Å². The number of benzene rings is 1. The lowest BCUT2D eigenvalue weighted by Crippen LogP contribution is -2.07. The minimum Gasteiger partial charge on any atom is -0.465 e. The minimum absolute atomic E-state index is 0.0260. The first-order chi connectivity index (χ1) is 10.1. The molecular formula is C14H8N2O5. The van der Waals surface area contributed by atoms with Crippen LogP contribution >= 0.6 is 0 Å². The van der Waals surface area contributed by atoms with Gasteiger partial charge in [0.25, 0.3) is 5.69 Å². The maximum Gasteiger partial charge on any atom is 0.363 e. The van der Waals surface area contributed by atoms with E-state index in [2.05, 4.69) is 4.99 Å². The van der Waals surface area contributed by atoms with Gasteiger partial charge < -0.3 is 9.15 Å². The van der Waals surface area contributed by atoms with E-state index in [-0.39, 0.29) is 22.8 Å². The lowest BCUT2D eigenvalue weighted by Gasteiger charge is -2.00. The summed E-state index contributed by atoms with van der Waals surface area (Å²) in [6, 6.07) is 9.24. The average molecular weight is 284 g/mol. The second-order valence-electron chi connectivity index (χ2n) is 4.13. The van der Waals surface area contributed by atoms with Crippen molar-refractivity contribution in [1.29, 1.82) is 0 Å². The molecule has 3 rings (SSSR count). The molecule has 0 amide bonds. The van der Waals surface area contributed by atoms with Gasteiger partial charge in [0.2, 0.25) is 5.90 Å². The van der Waals surface area contributed by atoms with Crippen molar-refractivity contribution < 1.29 is 18.9 Å². The van der Waals surface area contributed by atoms with Crippen LogP contribution < -0.4 is 0 Å². The molecule has 2 aromatic rings. The van der Waals surface area contributed by atoms with Crippen LogP contribution in [-0.2, 0) is 9.53 Å². The Kier molecular flexibility index (Phi) is 3.07. The molecule has 104 valence electrons. The number of rotatable bonds is 3. The number of cyclic esters (lactones) is 1.